The third-order valence-corrected chi connectivity index (χ3v) is 3.70. The number of amides is 1. The predicted octanol–water partition coefficient (Wildman–Crippen LogP) is 0.857. The van der Waals surface area contributed by atoms with Crippen LogP contribution in [0.25, 0.3) is 0 Å². The van der Waals surface area contributed by atoms with Crippen LogP contribution in [0.4, 0.5) is 0 Å². The molecule has 0 bridgehead atoms. The highest BCUT2D eigenvalue weighted by Crippen LogP contribution is 2.43. The van der Waals surface area contributed by atoms with Crippen molar-refractivity contribution < 1.29 is 28.5 Å². The van der Waals surface area contributed by atoms with Crippen molar-refractivity contribution in [2.24, 2.45) is 0 Å². The van der Waals surface area contributed by atoms with Crippen LogP contribution in [0.15, 0.2) is 12.1 Å². The summed E-state index contributed by atoms with van der Waals surface area (Å²) in [6, 6.07) is 2.61. The summed E-state index contributed by atoms with van der Waals surface area (Å²) in [5.41, 5.74) is 0.638. The quantitative estimate of drug-likeness (QED) is 0.812. The van der Waals surface area contributed by atoms with Crippen LogP contribution in [0.5, 0.6) is 17.2 Å². The fraction of sp³-hybridized carbons (Fsp3) is 0.467. The lowest BCUT2D eigenvalue weighted by atomic mass is 9.90. The molecule has 0 radical (unpaired) electrons. The molecule has 120 valence electrons. The van der Waals surface area contributed by atoms with Crippen molar-refractivity contribution in [1.29, 1.82) is 0 Å². The van der Waals surface area contributed by atoms with Gasteiger partial charge in [0.05, 0.1) is 28.4 Å². The Hall–Kier alpha value is -2.44. The molecule has 1 amide bonds. The maximum atomic E-state index is 11.9. The number of nitrogens with one attached hydrogen (secondary N) is 1. The number of esters is 1. The van der Waals surface area contributed by atoms with Crippen LogP contribution in [0.2, 0.25) is 0 Å². The molecular weight excluding hydrogens is 290 g/mol. The van der Waals surface area contributed by atoms with E-state index in [1.165, 1.54) is 28.4 Å². The minimum Gasteiger partial charge on any atom is -0.496 e. The molecule has 7 nitrogen and oxygen atoms in total. The maximum Gasteiger partial charge on any atom is 0.329 e. The highest BCUT2D eigenvalue weighted by Gasteiger charge is 2.42. The van der Waals surface area contributed by atoms with E-state index in [1.807, 2.05) is 0 Å². The molecule has 2 rings (SSSR count). The Bertz CT molecular complexity index is 560. The Balaban J connectivity index is 2.53. The fourth-order valence-electron chi connectivity index (χ4n) is 2.67. The Morgan fingerprint density at radius 1 is 1.09 bits per heavy atom. The first-order chi connectivity index (χ1) is 10.5. The standard InChI is InChI=1S/C15H19NO6/c1-19-8-5-10(20-2)13(11(6-8)21-3)9-7-12(17)16-14(9)15(18)22-4/h5-6,9,14H,7H2,1-4H3,(H,16,17). The lowest BCUT2D eigenvalue weighted by molar-refractivity contribution is -0.143. The highest BCUT2D eigenvalue weighted by atomic mass is 16.5. The van der Waals surface area contributed by atoms with Crippen LogP contribution in [-0.4, -0.2) is 46.4 Å². The van der Waals surface area contributed by atoms with Crippen molar-refractivity contribution in [3.63, 3.8) is 0 Å². The van der Waals surface area contributed by atoms with Gasteiger partial charge in [0.1, 0.15) is 23.3 Å². The van der Waals surface area contributed by atoms with Crippen LogP contribution in [0.1, 0.15) is 17.9 Å². The number of benzene rings is 1. The van der Waals surface area contributed by atoms with E-state index < -0.39 is 17.9 Å². The summed E-state index contributed by atoms with van der Waals surface area (Å²) in [4.78, 5) is 23.7. The first-order valence-electron chi connectivity index (χ1n) is 6.72. The van der Waals surface area contributed by atoms with Crippen molar-refractivity contribution in [2.45, 2.75) is 18.4 Å². The number of methoxy groups -OCH3 is 4. The minimum atomic E-state index is -0.770. The van der Waals surface area contributed by atoms with Gasteiger partial charge in [0.15, 0.2) is 0 Å². The first-order valence-corrected chi connectivity index (χ1v) is 6.72. The molecule has 0 aliphatic carbocycles. The third kappa shape index (κ3) is 2.79. The fourth-order valence-corrected chi connectivity index (χ4v) is 2.67. The summed E-state index contributed by atoms with van der Waals surface area (Å²) in [6.07, 6.45) is 0.152. The largest absolute Gasteiger partial charge is 0.496 e. The molecule has 7 heteroatoms. The summed E-state index contributed by atoms with van der Waals surface area (Å²) >= 11 is 0. The van der Waals surface area contributed by atoms with Gasteiger partial charge >= 0.3 is 5.97 Å². The third-order valence-electron chi connectivity index (χ3n) is 3.70. The predicted molar refractivity (Wildman–Crippen MR) is 77.4 cm³/mol. The summed E-state index contributed by atoms with van der Waals surface area (Å²) in [5, 5.41) is 2.63. The van der Waals surface area contributed by atoms with Crippen LogP contribution < -0.4 is 19.5 Å². The van der Waals surface area contributed by atoms with Gasteiger partial charge in [-0.3, -0.25) is 4.79 Å². The van der Waals surface area contributed by atoms with Gasteiger partial charge in [-0.15, -0.1) is 0 Å². The molecule has 1 heterocycles. The highest BCUT2D eigenvalue weighted by molar-refractivity contribution is 5.90. The van der Waals surface area contributed by atoms with Crippen LogP contribution in [0.3, 0.4) is 0 Å². The molecule has 2 unspecified atom stereocenters. The second kappa shape index (κ2) is 6.55. The maximum absolute atomic E-state index is 11.9. The van der Waals surface area contributed by atoms with E-state index in [4.69, 9.17) is 18.9 Å². The zero-order chi connectivity index (χ0) is 16.3. The van der Waals surface area contributed by atoms with Crippen molar-refractivity contribution in [3.8, 4) is 17.2 Å². The van der Waals surface area contributed by atoms with E-state index in [2.05, 4.69) is 5.32 Å². The summed E-state index contributed by atoms with van der Waals surface area (Å²) < 4.78 is 20.7. The first kappa shape index (κ1) is 15.9. The van der Waals surface area contributed by atoms with Crippen LogP contribution in [-0.2, 0) is 14.3 Å². The zero-order valence-corrected chi connectivity index (χ0v) is 13.0. The van der Waals surface area contributed by atoms with Crippen molar-refractivity contribution in [2.75, 3.05) is 28.4 Å². The van der Waals surface area contributed by atoms with Gasteiger partial charge in [0, 0.05) is 30.0 Å². The molecule has 22 heavy (non-hydrogen) atoms. The van der Waals surface area contributed by atoms with Gasteiger partial charge in [0.2, 0.25) is 5.91 Å². The minimum absolute atomic E-state index is 0.152. The molecule has 1 aliphatic heterocycles. The molecule has 1 saturated heterocycles. The van der Waals surface area contributed by atoms with E-state index >= 15 is 0 Å². The lowest BCUT2D eigenvalue weighted by Gasteiger charge is -2.22. The molecular formula is C15H19NO6. The van der Waals surface area contributed by atoms with Gasteiger partial charge < -0.3 is 24.3 Å². The summed E-state index contributed by atoms with van der Waals surface area (Å²) in [5.74, 6) is 0.384. The smallest absolute Gasteiger partial charge is 0.329 e. The normalized spacial score (nSPS) is 20.3. The van der Waals surface area contributed by atoms with Gasteiger partial charge in [0.25, 0.3) is 0 Å². The monoisotopic (exact) mass is 309 g/mol. The average molecular weight is 309 g/mol. The Morgan fingerprint density at radius 3 is 2.14 bits per heavy atom. The van der Waals surface area contributed by atoms with Crippen molar-refractivity contribution >= 4 is 11.9 Å². The van der Waals surface area contributed by atoms with E-state index in [0.29, 0.717) is 22.8 Å². The summed E-state index contributed by atoms with van der Waals surface area (Å²) in [6.45, 7) is 0. The molecule has 1 aromatic rings. The number of hydrogen-bond acceptors (Lipinski definition) is 6. The van der Waals surface area contributed by atoms with Crippen molar-refractivity contribution in [1.82, 2.24) is 5.32 Å². The van der Waals surface area contributed by atoms with Gasteiger partial charge in [-0.05, 0) is 0 Å². The van der Waals surface area contributed by atoms with Crippen molar-refractivity contribution in [3.05, 3.63) is 17.7 Å². The summed E-state index contributed by atoms with van der Waals surface area (Å²) in [7, 11) is 5.84. The molecule has 0 saturated carbocycles. The Morgan fingerprint density at radius 2 is 1.68 bits per heavy atom. The van der Waals surface area contributed by atoms with E-state index in [9.17, 15) is 9.59 Å². The Labute approximate surface area is 128 Å². The number of carbonyl (C=O) groups excluding carboxylic acids is 2. The van der Waals surface area contributed by atoms with Gasteiger partial charge in [-0.1, -0.05) is 0 Å². The van der Waals surface area contributed by atoms with E-state index in [0.717, 1.165) is 0 Å². The number of carbonyl (C=O) groups is 2. The zero-order valence-electron chi connectivity index (χ0n) is 13.0. The van der Waals surface area contributed by atoms with Crippen LogP contribution in [0, 0.1) is 0 Å². The SMILES string of the molecule is COC(=O)C1NC(=O)CC1c1c(OC)cc(OC)cc1OC. The van der Waals surface area contributed by atoms with Crippen LogP contribution >= 0.6 is 0 Å². The topological polar surface area (TPSA) is 83.1 Å². The molecule has 1 N–H and O–H groups in total. The van der Waals surface area contributed by atoms with E-state index in [-0.39, 0.29) is 12.3 Å². The molecule has 0 spiro atoms. The Kier molecular flexibility index (Phi) is 4.75. The number of ether oxygens (including phenoxy) is 4. The molecule has 1 fully saturated rings. The van der Waals surface area contributed by atoms with Gasteiger partial charge in [-0.25, -0.2) is 4.79 Å². The molecule has 1 aromatic carbocycles. The molecule has 1 aliphatic rings. The second-order valence-corrected chi connectivity index (χ2v) is 4.82. The molecule has 0 aromatic heterocycles. The van der Waals surface area contributed by atoms with E-state index in [1.54, 1.807) is 12.1 Å². The number of rotatable bonds is 5. The molecule has 2 atom stereocenters. The van der Waals surface area contributed by atoms with Gasteiger partial charge in [-0.2, -0.15) is 0 Å². The average Bonchev–Trinajstić information content (AvgIpc) is 2.93. The second-order valence-electron chi connectivity index (χ2n) is 4.82. The lowest BCUT2D eigenvalue weighted by Crippen LogP contribution is -2.37. The number of hydrogen-bond donors (Lipinski definition) is 1.